The normalized spacial score (nSPS) is 20.1. The molecule has 0 saturated carbocycles. The van der Waals surface area contributed by atoms with Crippen LogP contribution in [-0.2, 0) is 4.74 Å². The highest BCUT2D eigenvalue weighted by Gasteiger charge is 2.25. The number of ether oxygens (including phenoxy) is 1. The summed E-state index contributed by atoms with van der Waals surface area (Å²) in [6.07, 6.45) is 3.06. The van der Waals surface area contributed by atoms with E-state index in [-0.39, 0.29) is 6.10 Å². The van der Waals surface area contributed by atoms with Crippen molar-refractivity contribution >= 4 is 23.0 Å². The zero-order valence-corrected chi connectivity index (χ0v) is 10.0. The third-order valence-electron chi connectivity index (χ3n) is 2.83. The second-order valence-corrected chi connectivity index (χ2v) is 4.27. The van der Waals surface area contributed by atoms with Gasteiger partial charge in [-0.2, -0.15) is 0 Å². The first-order chi connectivity index (χ1) is 7.72. The minimum Gasteiger partial charge on any atom is -0.389 e. The predicted molar refractivity (Wildman–Crippen MR) is 67.8 cm³/mol. The number of hydrogen-bond donors (Lipinski definition) is 1. The van der Waals surface area contributed by atoms with Crippen molar-refractivity contribution in [2.24, 2.45) is 5.73 Å². The van der Waals surface area contributed by atoms with E-state index in [1.807, 2.05) is 12.1 Å². The van der Waals surface area contributed by atoms with Crippen LogP contribution in [0.3, 0.4) is 0 Å². The van der Waals surface area contributed by atoms with E-state index < -0.39 is 0 Å². The lowest BCUT2D eigenvalue weighted by atomic mass is 10.2. The fourth-order valence-corrected chi connectivity index (χ4v) is 2.11. The molecule has 5 heteroatoms. The highest BCUT2D eigenvalue weighted by Crippen LogP contribution is 2.22. The molecule has 86 valence electrons. The summed E-state index contributed by atoms with van der Waals surface area (Å²) in [5, 5.41) is 0. The van der Waals surface area contributed by atoms with Crippen LogP contribution in [0.4, 0.5) is 5.82 Å². The Balaban J connectivity index is 2.24. The van der Waals surface area contributed by atoms with Crippen LogP contribution in [0.5, 0.6) is 0 Å². The van der Waals surface area contributed by atoms with Gasteiger partial charge >= 0.3 is 0 Å². The van der Waals surface area contributed by atoms with E-state index in [0.29, 0.717) is 4.99 Å². The predicted octanol–water partition coefficient (Wildman–Crippen LogP) is 0.941. The van der Waals surface area contributed by atoms with Gasteiger partial charge in [0.25, 0.3) is 0 Å². The summed E-state index contributed by atoms with van der Waals surface area (Å²) in [7, 11) is 1.74. The maximum absolute atomic E-state index is 5.68. The second kappa shape index (κ2) is 4.76. The summed E-state index contributed by atoms with van der Waals surface area (Å²) in [6, 6.07) is 3.76. The number of thiocarbonyl (C=S) groups is 1. The van der Waals surface area contributed by atoms with Gasteiger partial charge in [-0.1, -0.05) is 12.2 Å². The number of methoxy groups -OCH3 is 1. The zero-order chi connectivity index (χ0) is 11.5. The topological polar surface area (TPSA) is 51.4 Å². The molecule has 4 nitrogen and oxygen atoms in total. The average Bonchev–Trinajstić information content (AvgIpc) is 2.77. The van der Waals surface area contributed by atoms with E-state index in [0.717, 1.165) is 30.9 Å². The Hall–Kier alpha value is -1.20. The maximum atomic E-state index is 5.68. The van der Waals surface area contributed by atoms with Crippen molar-refractivity contribution in [2.45, 2.75) is 12.5 Å². The summed E-state index contributed by atoms with van der Waals surface area (Å²) >= 11 is 5.02. The van der Waals surface area contributed by atoms with Crippen molar-refractivity contribution in [2.75, 3.05) is 25.1 Å². The Bertz CT molecular complexity index is 397. The fraction of sp³-hybridized carbons (Fsp3) is 0.455. The summed E-state index contributed by atoms with van der Waals surface area (Å²) in [6.45, 7) is 1.79. The summed E-state index contributed by atoms with van der Waals surface area (Å²) < 4.78 is 5.33. The Labute approximate surface area is 100 Å². The molecular formula is C11H15N3OS. The average molecular weight is 237 g/mol. The van der Waals surface area contributed by atoms with Crippen molar-refractivity contribution in [3.8, 4) is 0 Å². The Kier molecular flexibility index (Phi) is 3.36. The number of aromatic nitrogens is 1. The van der Waals surface area contributed by atoms with Gasteiger partial charge in [-0.05, 0) is 18.6 Å². The molecule has 2 N–H and O–H groups in total. The third-order valence-corrected chi connectivity index (χ3v) is 3.05. The molecule has 1 aromatic rings. The number of hydrogen-bond acceptors (Lipinski definition) is 4. The van der Waals surface area contributed by atoms with Crippen molar-refractivity contribution < 1.29 is 4.74 Å². The van der Waals surface area contributed by atoms with E-state index >= 15 is 0 Å². The van der Waals surface area contributed by atoms with Crippen LogP contribution in [0, 0.1) is 0 Å². The molecule has 1 fully saturated rings. The van der Waals surface area contributed by atoms with Crippen molar-refractivity contribution in [1.82, 2.24) is 4.98 Å². The smallest absolute Gasteiger partial charge is 0.138 e. The molecule has 0 radical (unpaired) electrons. The van der Waals surface area contributed by atoms with E-state index in [1.165, 1.54) is 0 Å². The molecule has 0 aromatic carbocycles. The molecular weight excluding hydrogens is 222 g/mol. The lowest BCUT2D eigenvalue weighted by Gasteiger charge is -2.19. The third kappa shape index (κ3) is 2.15. The molecule has 0 amide bonds. The highest BCUT2D eigenvalue weighted by atomic mass is 32.1. The first-order valence-corrected chi connectivity index (χ1v) is 5.65. The van der Waals surface area contributed by atoms with Crippen LogP contribution in [0.1, 0.15) is 12.0 Å². The largest absolute Gasteiger partial charge is 0.389 e. The first-order valence-electron chi connectivity index (χ1n) is 5.25. The van der Waals surface area contributed by atoms with E-state index in [2.05, 4.69) is 9.88 Å². The molecule has 1 atom stereocenters. The van der Waals surface area contributed by atoms with Gasteiger partial charge < -0.3 is 15.4 Å². The van der Waals surface area contributed by atoms with Crippen LogP contribution >= 0.6 is 12.2 Å². The monoisotopic (exact) mass is 237 g/mol. The van der Waals surface area contributed by atoms with Crippen LogP contribution in [0.2, 0.25) is 0 Å². The number of rotatable bonds is 3. The lowest BCUT2D eigenvalue weighted by Crippen LogP contribution is -2.26. The lowest BCUT2D eigenvalue weighted by molar-refractivity contribution is 0.121. The molecule has 0 bridgehead atoms. The molecule has 16 heavy (non-hydrogen) atoms. The van der Waals surface area contributed by atoms with Gasteiger partial charge in [0.2, 0.25) is 0 Å². The molecule has 0 aliphatic carbocycles. The SMILES string of the molecule is COC1CCN(c2ncccc2C(N)=S)C1. The minimum atomic E-state index is 0.279. The quantitative estimate of drug-likeness (QED) is 0.793. The molecule has 1 aliphatic rings. The van der Waals surface area contributed by atoms with Crippen molar-refractivity contribution in [3.05, 3.63) is 23.9 Å². The Morgan fingerprint density at radius 2 is 2.50 bits per heavy atom. The number of nitrogens with two attached hydrogens (primary N) is 1. The van der Waals surface area contributed by atoms with Crippen LogP contribution in [0.25, 0.3) is 0 Å². The first kappa shape index (κ1) is 11.3. The standard InChI is InChI=1S/C11H15N3OS/c1-15-8-4-6-14(7-8)11-9(10(12)16)3-2-5-13-11/h2-3,5,8H,4,6-7H2,1H3,(H2,12,16). The Morgan fingerprint density at radius 1 is 1.69 bits per heavy atom. The van der Waals surface area contributed by atoms with Crippen LogP contribution < -0.4 is 10.6 Å². The maximum Gasteiger partial charge on any atom is 0.138 e. The van der Waals surface area contributed by atoms with Crippen LogP contribution in [-0.4, -0.2) is 36.3 Å². The molecule has 0 spiro atoms. The number of pyridine rings is 1. The number of nitrogens with zero attached hydrogens (tertiary/aromatic N) is 2. The van der Waals surface area contributed by atoms with Gasteiger partial charge in [0.05, 0.1) is 11.7 Å². The van der Waals surface area contributed by atoms with Gasteiger partial charge in [0, 0.05) is 26.4 Å². The molecule has 1 aliphatic heterocycles. The van der Waals surface area contributed by atoms with Gasteiger partial charge in [-0.15, -0.1) is 0 Å². The Morgan fingerprint density at radius 3 is 3.12 bits per heavy atom. The van der Waals surface area contributed by atoms with E-state index in [9.17, 15) is 0 Å². The van der Waals surface area contributed by atoms with E-state index in [4.69, 9.17) is 22.7 Å². The molecule has 1 saturated heterocycles. The highest BCUT2D eigenvalue weighted by molar-refractivity contribution is 7.80. The number of anilines is 1. The van der Waals surface area contributed by atoms with Crippen molar-refractivity contribution in [3.63, 3.8) is 0 Å². The molecule has 2 heterocycles. The summed E-state index contributed by atoms with van der Waals surface area (Å²) in [5.41, 5.74) is 6.52. The zero-order valence-electron chi connectivity index (χ0n) is 9.22. The van der Waals surface area contributed by atoms with E-state index in [1.54, 1.807) is 13.3 Å². The van der Waals surface area contributed by atoms with Gasteiger partial charge in [-0.3, -0.25) is 0 Å². The summed E-state index contributed by atoms with van der Waals surface area (Å²) in [5.74, 6) is 0.870. The molecule has 1 aromatic heterocycles. The molecule has 2 rings (SSSR count). The summed E-state index contributed by atoms with van der Waals surface area (Å²) in [4.78, 5) is 6.92. The van der Waals surface area contributed by atoms with Crippen LogP contribution in [0.15, 0.2) is 18.3 Å². The van der Waals surface area contributed by atoms with Gasteiger partial charge in [0.15, 0.2) is 0 Å². The van der Waals surface area contributed by atoms with Crippen molar-refractivity contribution in [1.29, 1.82) is 0 Å². The minimum absolute atomic E-state index is 0.279. The van der Waals surface area contributed by atoms with Gasteiger partial charge in [0.1, 0.15) is 10.8 Å². The second-order valence-electron chi connectivity index (χ2n) is 3.83. The van der Waals surface area contributed by atoms with Gasteiger partial charge in [-0.25, -0.2) is 4.98 Å². The fourth-order valence-electron chi connectivity index (χ4n) is 1.95. The molecule has 1 unspecified atom stereocenters.